The maximum atomic E-state index is 13.2. The number of benzene rings is 1. The molecule has 9 nitrogen and oxygen atoms in total. The molecule has 2 fully saturated rings. The minimum atomic E-state index is -4.45. The molecule has 3 N–H and O–H groups in total. The number of halogens is 3. The zero-order valence-corrected chi connectivity index (χ0v) is 19.0. The summed E-state index contributed by atoms with van der Waals surface area (Å²) in [5.74, 6) is 1.17. The number of carbonyl (C=O) groups is 1. The van der Waals surface area contributed by atoms with Crippen molar-refractivity contribution in [3.8, 4) is 0 Å². The maximum Gasteiger partial charge on any atom is 0.416 e. The van der Waals surface area contributed by atoms with Crippen molar-refractivity contribution in [2.75, 3.05) is 61.4 Å². The van der Waals surface area contributed by atoms with Gasteiger partial charge in [0, 0.05) is 58.8 Å². The van der Waals surface area contributed by atoms with Crippen molar-refractivity contribution in [3.63, 3.8) is 0 Å². The van der Waals surface area contributed by atoms with Crippen LogP contribution in [0.15, 0.2) is 24.3 Å². The zero-order valence-electron chi connectivity index (χ0n) is 19.0. The number of hydrogen-bond acceptors (Lipinski definition) is 8. The minimum absolute atomic E-state index is 0.0611. The van der Waals surface area contributed by atoms with Gasteiger partial charge in [-0.15, -0.1) is 0 Å². The fraction of sp³-hybridized carbons (Fsp3) is 0.545. The Hall–Kier alpha value is -3.15. The predicted octanol–water partition coefficient (Wildman–Crippen LogP) is 1.87. The fourth-order valence-corrected chi connectivity index (χ4v) is 4.23. The van der Waals surface area contributed by atoms with E-state index in [0.29, 0.717) is 43.8 Å². The Labute approximate surface area is 196 Å². The normalized spacial score (nSPS) is 17.5. The molecule has 184 valence electrons. The van der Waals surface area contributed by atoms with Gasteiger partial charge in [-0.2, -0.15) is 28.1 Å². The summed E-state index contributed by atoms with van der Waals surface area (Å²) in [5.41, 5.74) is -0.661. The van der Waals surface area contributed by atoms with Crippen molar-refractivity contribution >= 4 is 23.8 Å². The number of nitrogens with one attached hydrogen (secondary N) is 3. The summed E-state index contributed by atoms with van der Waals surface area (Å²) in [4.78, 5) is 30.4. The third-order valence-corrected chi connectivity index (χ3v) is 6.16. The average molecular weight is 479 g/mol. The van der Waals surface area contributed by atoms with Gasteiger partial charge in [0.25, 0.3) is 0 Å². The highest BCUT2D eigenvalue weighted by Crippen LogP contribution is 2.32. The summed E-state index contributed by atoms with van der Waals surface area (Å²) >= 11 is 0. The lowest BCUT2D eigenvalue weighted by Gasteiger charge is -2.32. The molecule has 2 aromatic rings. The summed E-state index contributed by atoms with van der Waals surface area (Å²) in [6.07, 6.45) is -3.32. The predicted molar refractivity (Wildman–Crippen MR) is 123 cm³/mol. The largest absolute Gasteiger partial charge is 0.416 e. The molecule has 0 bridgehead atoms. The van der Waals surface area contributed by atoms with Gasteiger partial charge in [0.2, 0.25) is 23.8 Å². The molecule has 0 atom stereocenters. The van der Waals surface area contributed by atoms with Crippen LogP contribution < -0.4 is 25.8 Å². The third-order valence-electron chi connectivity index (χ3n) is 6.16. The Morgan fingerprint density at radius 3 is 2.26 bits per heavy atom. The molecule has 0 spiro atoms. The van der Waals surface area contributed by atoms with E-state index in [2.05, 4.69) is 35.8 Å². The first-order valence-corrected chi connectivity index (χ1v) is 11.4. The lowest BCUT2D eigenvalue weighted by atomic mass is 9.96. The number of anilines is 3. The number of rotatable bonds is 6. The van der Waals surface area contributed by atoms with Gasteiger partial charge in [0.15, 0.2) is 0 Å². The summed E-state index contributed by atoms with van der Waals surface area (Å²) in [6, 6.07) is 5.31. The van der Waals surface area contributed by atoms with Crippen molar-refractivity contribution < 1.29 is 18.0 Å². The van der Waals surface area contributed by atoms with Crippen molar-refractivity contribution in [1.29, 1.82) is 0 Å². The Morgan fingerprint density at radius 1 is 1.03 bits per heavy atom. The molecular weight excluding hydrogens is 449 g/mol. The highest BCUT2D eigenvalue weighted by Gasteiger charge is 2.33. The fourth-order valence-electron chi connectivity index (χ4n) is 4.23. The van der Waals surface area contributed by atoms with Crippen molar-refractivity contribution in [1.82, 2.24) is 25.6 Å². The molecule has 1 aromatic carbocycles. The van der Waals surface area contributed by atoms with E-state index in [1.165, 1.54) is 18.2 Å². The van der Waals surface area contributed by atoms with E-state index in [9.17, 15) is 18.0 Å². The Kier molecular flexibility index (Phi) is 7.35. The molecule has 2 aliphatic heterocycles. The van der Waals surface area contributed by atoms with Crippen LogP contribution in [-0.2, 0) is 17.5 Å². The molecule has 2 saturated heterocycles. The van der Waals surface area contributed by atoms with Crippen LogP contribution in [0.1, 0.15) is 24.0 Å². The van der Waals surface area contributed by atoms with Crippen LogP contribution in [0.25, 0.3) is 0 Å². The van der Waals surface area contributed by atoms with Crippen molar-refractivity contribution in [2.24, 2.45) is 5.92 Å². The van der Waals surface area contributed by atoms with Crippen LogP contribution in [0, 0.1) is 5.92 Å². The Balaban J connectivity index is 1.36. The number of alkyl halides is 3. The van der Waals surface area contributed by atoms with Gasteiger partial charge in [-0.1, -0.05) is 18.2 Å². The van der Waals surface area contributed by atoms with Gasteiger partial charge < -0.3 is 25.8 Å². The van der Waals surface area contributed by atoms with Gasteiger partial charge in [0.1, 0.15) is 0 Å². The lowest BCUT2D eigenvalue weighted by Crippen LogP contribution is -2.45. The van der Waals surface area contributed by atoms with Crippen LogP contribution in [0.3, 0.4) is 0 Å². The van der Waals surface area contributed by atoms with E-state index in [4.69, 9.17) is 0 Å². The molecule has 1 amide bonds. The number of piperidine rings is 1. The molecule has 34 heavy (non-hydrogen) atoms. The Morgan fingerprint density at radius 2 is 1.65 bits per heavy atom. The maximum absolute atomic E-state index is 13.2. The van der Waals surface area contributed by atoms with Gasteiger partial charge >= 0.3 is 6.18 Å². The van der Waals surface area contributed by atoms with Gasteiger partial charge in [0.05, 0.1) is 5.56 Å². The molecule has 3 heterocycles. The van der Waals surface area contributed by atoms with Crippen LogP contribution in [-0.4, -0.2) is 67.2 Å². The molecule has 1 aromatic heterocycles. The Bertz CT molecular complexity index is 988. The summed E-state index contributed by atoms with van der Waals surface area (Å²) < 4.78 is 39.6. The van der Waals surface area contributed by atoms with Crippen LogP contribution >= 0.6 is 0 Å². The summed E-state index contributed by atoms with van der Waals surface area (Å²) in [6.45, 7) is 4.35. The van der Waals surface area contributed by atoms with Crippen molar-refractivity contribution in [3.05, 3.63) is 35.4 Å². The number of hydrogen-bond donors (Lipinski definition) is 3. The van der Waals surface area contributed by atoms with E-state index < -0.39 is 11.7 Å². The number of carbonyl (C=O) groups excluding carboxylic acids is 1. The van der Waals surface area contributed by atoms with Crippen LogP contribution in [0.4, 0.5) is 31.0 Å². The van der Waals surface area contributed by atoms with Crippen LogP contribution in [0.2, 0.25) is 0 Å². The SMILES string of the molecule is CNc1nc(N2CCNCC2)nc(N2CCC(C(=O)NCc3ccccc3C(F)(F)F)CC2)n1. The first-order chi connectivity index (χ1) is 16.3. The number of aromatic nitrogens is 3. The number of piperazine rings is 1. The second-order valence-corrected chi connectivity index (χ2v) is 8.38. The van der Waals surface area contributed by atoms with E-state index in [-0.39, 0.29) is 23.9 Å². The second kappa shape index (κ2) is 10.4. The van der Waals surface area contributed by atoms with Gasteiger partial charge in [-0.3, -0.25) is 4.79 Å². The number of amides is 1. The lowest BCUT2D eigenvalue weighted by molar-refractivity contribution is -0.138. The highest BCUT2D eigenvalue weighted by molar-refractivity contribution is 5.79. The van der Waals surface area contributed by atoms with E-state index >= 15 is 0 Å². The highest BCUT2D eigenvalue weighted by atomic mass is 19.4. The summed E-state index contributed by atoms with van der Waals surface area (Å²) in [7, 11) is 1.76. The van der Waals surface area contributed by atoms with Crippen LogP contribution in [0.5, 0.6) is 0 Å². The summed E-state index contributed by atoms with van der Waals surface area (Å²) in [5, 5.41) is 8.97. The minimum Gasteiger partial charge on any atom is -0.357 e. The van der Waals surface area contributed by atoms with E-state index in [0.717, 1.165) is 32.2 Å². The van der Waals surface area contributed by atoms with E-state index in [1.54, 1.807) is 7.05 Å². The molecule has 0 radical (unpaired) electrons. The first-order valence-electron chi connectivity index (χ1n) is 11.4. The molecular formula is C22H29F3N8O. The second-order valence-electron chi connectivity index (χ2n) is 8.38. The third kappa shape index (κ3) is 5.66. The monoisotopic (exact) mass is 478 g/mol. The molecule has 0 aliphatic carbocycles. The molecule has 0 unspecified atom stereocenters. The quantitative estimate of drug-likeness (QED) is 0.579. The molecule has 12 heteroatoms. The van der Waals surface area contributed by atoms with E-state index in [1.807, 2.05) is 4.90 Å². The van der Waals surface area contributed by atoms with Gasteiger partial charge in [-0.05, 0) is 24.5 Å². The standard InChI is InChI=1S/C22H29F3N8O/c1-26-19-29-20(31-21(30-19)33-12-8-27-9-13-33)32-10-6-15(7-11-32)18(34)28-14-16-4-2-3-5-17(16)22(23,24)25/h2-5,15,27H,6-14H2,1H3,(H,28,34)(H,26,29,30,31). The van der Waals surface area contributed by atoms with Crippen molar-refractivity contribution in [2.45, 2.75) is 25.6 Å². The average Bonchev–Trinajstić information content (AvgIpc) is 2.87. The zero-order chi connectivity index (χ0) is 24.1. The number of nitrogens with zero attached hydrogens (tertiary/aromatic N) is 5. The molecule has 0 saturated carbocycles. The smallest absolute Gasteiger partial charge is 0.357 e. The van der Waals surface area contributed by atoms with Gasteiger partial charge in [-0.25, -0.2) is 0 Å². The molecule has 2 aliphatic rings. The molecule has 4 rings (SSSR count). The topological polar surface area (TPSA) is 98.3 Å². The first kappa shape index (κ1) is 24.0.